The van der Waals surface area contributed by atoms with Gasteiger partial charge in [0.25, 0.3) is 0 Å². The highest BCUT2D eigenvalue weighted by Crippen LogP contribution is 2.09. The number of carbonyl (C=O) groups is 1. The van der Waals surface area contributed by atoms with Crippen molar-refractivity contribution < 1.29 is 10.0 Å². The molecule has 0 spiro atoms. The minimum atomic E-state index is -0.315. The highest BCUT2D eigenvalue weighted by Gasteiger charge is 2.12. The van der Waals surface area contributed by atoms with Crippen molar-refractivity contribution in [2.45, 2.75) is 6.92 Å². The Balaban J connectivity index is 2.44. The Bertz CT molecular complexity index is 766. The second-order valence-electron chi connectivity index (χ2n) is 4.80. The molecule has 0 radical (unpaired) electrons. The van der Waals surface area contributed by atoms with E-state index in [9.17, 15) is 10.0 Å². The summed E-state index contributed by atoms with van der Waals surface area (Å²) in [4.78, 5) is 17.1. The van der Waals surface area contributed by atoms with E-state index in [1.807, 2.05) is 25.1 Å². The van der Waals surface area contributed by atoms with Crippen molar-refractivity contribution in [1.29, 1.82) is 0 Å². The van der Waals surface area contributed by atoms with Crippen LogP contribution in [-0.4, -0.2) is 46.3 Å². The molecule has 1 amide bonds. The lowest BCUT2D eigenvalue weighted by Crippen LogP contribution is -2.21. The SMILES string of the molecule is CC(=O)N=C1C=C(N(C)C)C=CC1=NN=c1ccccn1O. The predicted molar refractivity (Wildman–Crippen MR) is 83.6 cm³/mol. The van der Waals surface area contributed by atoms with Gasteiger partial charge in [-0.3, -0.25) is 4.79 Å². The van der Waals surface area contributed by atoms with Crippen molar-refractivity contribution in [3.63, 3.8) is 0 Å². The van der Waals surface area contributed by atoms with E-state index in [2.05, 4.69) is 15.2 Å². The average Bonchev–Trinajstić information content (AvgIpc) is 2.46. The molecule has 1 heterocycles. The zero-order valence-corrected chi connectivity index (χ0v) is 12.6. The number of rotatable bonds is 2. The van der Waals surface area contributed by atoms with Gasteiger partial charge in [-0.1, -0.05) is 6.07 Å². The molecule has 0 saturated heterocycles. The van der Waals surface area contributed by atoms with Gasteiger partial charge in [0.05, 0.1) is 5.71 Å². The van der Waals surface area contributed by atoms with Gasteiger partial charge in [0.1, 0.15) is 5.71 Å². The standard InChI is InChI=1S/C15H17N5O2/c1-11(21)16-14-10-12(19(2)3)7-8-13(14)17-18-15-6-4-5-9-20(15)22/h4-10,22H,1-3H3. The number of nitrogens with zero attached hydrogens (tertiary/aromatic N) is 5. The van der Waals surface area contributed by atoms with E-state index in [1.165, 1.54) is 13.1 Å². The summed E-state index contributed by atoms with van der Waals surface area (Å²) in [6.07, 6.45) is 6.79. The maximum absolute atomic E-state index is 11.3. The first-order chi connectivity index (χ1) is 10.5. The van der Waals surface area contributed by atoms with Crippen LogP contribution in [0.5, 0.6) is 0 Å². The molecule has 22 heavy (non-hydrogen) atoms. The number of hydrogen-bond donors (Lipinski definition) is 1. The van der Waals surface area contributed by atoms with Gasteiger partial charge in [-0.05, 0) is 30.4 Å². The topological polar surface area (TPSA) is 82.5 Å². The normalized spacial score (nSPS) is 18.7. The Morgan fingerprint density at radius 1 is 1.18 bits per heavy atom. The van der Waals surface area contributed by atoms with Crippen molar-refractivity contribution in [1.82, 2.24) is 9.63 Å². The predicted octanol–water partition coefficient (Wildman–Crippen LogP) is 0.985. The smallest absolute Gasteiger partial charge is 0.243 e. The van der Waals surface area contributed by atoms with Crippen molar-refractivity contribution in [3.8, 4) is 0 Å². The Morgan fingerprint density at radius 2 is 1.95 bits per heavy atom. The molecule has 0 saturated carbocycles. The molecular formula is C15H17N5O2. The summed E-state index contributed by atoms with van der Waals surface area (Å²) in [5.74, 6) is -0.315. The molecule has 0 unspecified atom stereocenters. The van der Waals surface area contributed by atoms with Crippen LogP contribution in [0.25, 0.3) is 0 Å². The summed E-state index contributed by atoms with van der Waals surface area (Å²) in [5, 5.41) is 17.6. The summed E-state index contributed by atoms with van der Waals surface area (Å²) in [6.45, 7) is 1.38. The molecule has 2 rings (SSSR count). The molecule has 1 aromatic rings. The Hall–Kier alpha value is -2.96. The first kappa shape index (κ1) is 15.4. The molecule has 1 aliphatic carbocycles. The summed E-state index contributed by atoms with van der Waals surface area (Å²) in [5.41, 5.74) is 2.05. The Kier molecular flexibility index (Phi) is 4.67. The van der Waals surface area contributed by atoms with Gasteiger partial charge in [-0.25, -0.2) is 4.99 Å². The average molecular weight is 299 g/mol. The van der Waals surface area contributed by atoms with Gasteiger partial charge in [-0.15, -0.1) is 10.2 Å². The van der Waals surface area contributed by atoms with Gasteiger partial charge in [-0.2, -0.15) is 4.73 Å². The Labute approximate surface area is 127 Å². The lowest BCUT2D eigenvalue weighted by atomic mass is 10.1. The zero-order chi connectivity index (χ0) is 16.1. The fourth-order valence-corrected chi connectivity index (χ4v) is 1.74. The van der Waals surface area contributed by atoms with Crippen LogP contribution < -0.4 is 5.49 Å². The maximum atomic E-state index is 11.3. The molecule has 0 aliphatic heterocycles. The third-order valence-corrected chi connectivity index (χ3v) is 2.83. The second kappa shape index (κ2) is 6.66. The van der Waals surface area contributed by atoms with E-state index in [-0.39, 0.29) is 11.4 Å². The summed E-state index contributed by atoms with van der Waals surface area (Å²) in [6, 6.07) is 5.01. The van der Waals surface area contributed by atoms with Crippen molar-refractivity contribution in [2.75, 3.05) is 14.1 Å². The molecule has 1 aliphatic rings. The third kappa shape index (κ3) is 3.78. The number of pyridine rings is 1. The summed E-state index contributed by atoms with van der Waals surface area (Å²) >= 11 is 0. The summed E-state index contributed by atoms with van der Waals surface area (Å²) in [7, 11) is 3.79. The highest BCUT2D eigenvalue weighted by molar-refractivity contribution is 6.52. The van der Waals surface area contributed by atoms with Gasteiger partial charge in [0.2, 0.25) is 5.91 Å². The molecule has 0 aromatic carbocycles. The minimum Gasteiger partial charge on any atom is -0.427 e. The minimum absolute atomic E-state index is 0.271. The maximum Gasteiger partial charge on any atom is 0.243 e. The fourth-order valence-electron chi connectivity index (χ4n) is 1.74. The number of amides is 1. The van der Waals surface area contributed by atoms with Gasteiger partial charge in [0.15, 0.2) is 5.49 Å². The molecule has 114 valence electrons. The fraction of sp³-hybridized carbons (Fsp3) is 0.200. The number of likely N-dealkylation sites (N-methyl/N-ethyl adjacent to an activating group) is 1. The quantitative estimate of drug-likeness (QED) is 0.502. The van der Waals surface area contributed by atoms with Gasteiger partial charge >= 0.3 is 0 Å². The summed E-state index contributed by atoms with van der Waals surface area (Å²) < 4.78 is 0.861. The van der Waals surface area contributed by atoms with E-state index in [0.717, 1.165) is 10.4 Å². The van der Waals surface area contributed by atoms with Crippen LogP contribution in [-0.2, 0) is 4.79 Å². The van der Waals surface area contributed by atoms with E-state index in [4.69, 9.17) is 0 Å². The number of carbonyl (C=O) groups excluding carboxylic acids is 1. The highest BCUT2D eigenvalue weighted by atomic mass is 16.5. The van der Waals surface area contributed by atoms with Crippen LogP contribution in [0.3, 0.4) is 0 Å². The number of aliphatic imine (C=N–C) groups is 1. The van der Waals surface area contributed by atoms with Crippen LogP contribution in [0.15, 0.2) is 63.5 Å². The van der Waals surface area contributed by atoms with Crippen LogP contribution in [0.4, 0.5) is 0 Å². The monoisotopic (exact) mass is 299 g/mol. The van der Waals surface area contributed by atoms with Crippen LogP contribution in [0, 0.1) is 0 Å². The zero-order valence-electron chi connectivity index (χ0n) is 12.6. The number of aromatic nitrogens is 1. The largest absolute Gasteiger partial charge is 0.427 e. The van der Waals surface area contributed by atoms with E-state index in [1.54, 1.807) is 30.4 Å². The molecule has 7 heteroatoms. The van der Waals surface area contributed by atoms with E-state index >= 15 is 0 Å². The molecule has 0 bridgehead atoms. The van der Waals surface area contributed by atoms with Crippen molar-refractivity contribution in [3.05, 3.63) is 53.8 Å². The van der Waals surface area contributed by atoms with Gasteiger partial charge in [0, 0.05) is 32.9 Å². The molecule has 0 atom stereocenters. The lowest BCUT2D eigenvalue weighted by molar-refractivity contribution is -0.115. The molecular weight excluding hydrogens is 282 g/mol. The number of allylic oxidation sites excluding steroid dienone is 3. The van der Waals surface area contributed by atoms with Crippen molar-refractivity contribution >= 4 is 17.3 Å². The Morgan fingerprint density at radius 3 is 2.59 bits per heavy atom. The van der Waals surface area contributed by atoms with Gasteiger partial charge < -0.3 is 10.1 Å². The second-order valence-corrected chi connectivity index (χ2v) is 4.80. The van der Waals surface area contributed by atoms with Crippen LogP contribution in [0.2, 0.25) is 0 Å². The van der Waals surface area contributed by atoms with Crippen LogP contribution >= 0.6 is 0 Å². The number of hydrogen-bond acceptors (Lipinski definition) is 5. The molecule has 1 aromatic heterocycles. The van der Waals surface area contributed by atoms with E-state index < -0.39 is 0 Å². The van der Waals surface area contributed by atoms with Crippen LogP contribution in [0.1, 0.15) is 6.92 Å². The van der Waals surface area contributed by atoms with Crippen molar-refractivity contribution in [2.24, 2.45) is 15.2 Å². The lowest BCUT2D eigenvalue weighted by Gasteiger charge is -2.17. The molecule has 1 N–H and O–H groups in total. The third-order valence-electron chi connectivity index (χ3n) is 2.83. The molecule has 0 fully saturated rings. The van der Waals surface area contributed by atoms with E-state index in [0.29, 0.717) is 11.4 Å². The molecule has 7 nitrogen and oxygen atoms in total. The first-order valence-corrected chi connectivity index (χ1v) is 6.63. The first-order valence-electron chi connectivity index (χ1n) is 6.63.